The number of carbonyl (C=O) groups is 1. The molecular weight excluding hydrogens is 314 g/mol. The Kier molecular flexibility index (Phi) is 4.20. The summed E-state index contributed by atoms with van der Waals surface area (Å²) in [7, 11) is 0. The summed E-state index contributed by atoms with van der Waals surface area (Å²) in [5, 5.41) is 4.23. The summed E-state index contributed by atoms with van der Waals surface area (Å²) in [5.41, 5.74) is 0.454. The summed E-state index contributed by atoms with van der Waals surface area (Å²) in [6.07, 6.45) is 3.38. The highest BCUT2D eigenvalue weighted by molar-refractivity contribution is 7.15. The van der Waals surface area contributed by atoms with Crippen LogP contribution in [0.1, 0.15) is 31.7 Å². The number of hydrogen-bond acceptors (Lipinski definition) is 6. The van der Waals surface area contributed by atoms with Crippen LogP contribution in [0.2, 0.25) is 0 Å². The molecule has 2 aromatic heterocycles. The topological polar surface area (TPSA) is 73.6 Å². The van der Waals surface area contributed by atoms with Crippen molar-refractivity contribution in [1.82, 2.24) is 14.6 Å². The molecule has 0 aliphatic carbocycles. The number of aryl methyl sites for hydroxylation is 1. The van der Waals surface area contributed by atoms with Gasteiger partial charge in [-0.3, -0.25) is 9.59 Å². The van der Waals surface area contributed by atoms with Gasteiger partial charge >= 0.3 is 5.97 Å². The number of rotatable bonds is 4. The molecule has 3 rings (SSSR count). The van der Waals surface area contributed by atoms with Crippen LogP contribution in [0.25, 0.3) is 11.0 Å². The van der Waals surface area contributed by atoms with E-state index < -0.39 is 5.97 Å². The molecule has 2 heterocycles. The Morgan fingerprint density at radius 3 is 2.87 bits per heavy atom. The van der Waals surface area contributed by atoms with Crippen LogP contribution in [0.3, 0.4) is 0 Å². The van der Waals surface area contributed by atoms with E-state index in [0.717, 1.165) is 12.8 Å². The third-order valence-electron chi connectivity index (χ3n) is 3.16. The van der Waals surface area contributed by atoms with Gasteiger partial charge in [0.2, 0.25) is 4.96 Å². The van der Waals surface area contributed by atoms with Crippen LogP contribution in [0.15, 0.2) is 29.1 Å². The molecule has 1 aromatic carbocycles. The smallest absolute Gasteiger partial charge is 0.308 e. The molecule has 3 aromatic rings. The summed E-state index contributed by atoms with van der Waals surface area (Å²) < 4.78 is 6.99. The lowest BCUT2D eigenvalue weighted by molar-refractivity contribution is -0.131. The van der Waals surface area contributed by atoms with Crippen molar-refractivity contribution in [3.8, 4) is 5.75 Å². The molecule has 23 heavy (non-hydrogen) atoms. The summed E-state index contributed by atoms with van der Waals surface area (Å²) >= 11 is 1.27. The van der Waals surface area contributed by atoms with Crippen LogP contribution in [0.5, 0.6) is 5.75 Å². The molecule has 0 saturated heterocycles. The Hall–Kier alpha value is -2.54. The van der Waals surface area contributed by atoms with E-state index in [2.05, 4.69) is 10.1 Å². The van der Waals surface area contributed by atoms with Gasteiger partial charge in [0.25, 0.3) is 5.56 Å². The molecule has 0 aliphatic rings. The number of aromatic nitrogens is 3. The standard InChI is InChI=1S/C16H15N3O3S/c1-3-6-14-17-16-19(18-14)15(21)13(23-16)9-11-7-4-5-8-12(11)22-10(2)20/h4-5,7-9H,3,6H2,1-2H3/b13-9-. The Morgan fingerprint density at radius 1 is 1.39 bits per heavy atom. The highest BCUT2D eigenvalue weighted by atomic mass is 32.1. The zero-order chi connectivity index (χ0) is 16.4. The Bertz CT molecular complexity index is 974. The predicted octanol–water partition coefficient (Wildman–Crippen LogP) is 1.58. The summed E-state index contributed by atoms with van der Waals surface area (Å²) in [4.78, 5) is 28.5. The van der Waals surface area contributed by atoms with Gasteiger partial charge in [-0.2, -0.15) is 4.52 Å². The minimum absolute atomic E-state index is 0.211. The Labute approximate surface area is 136 Å². The predicted molar refractivity (Wildman–Crippen MR) is 87.7 cm³/mol. The number of esters is 1. The van der Waals surface area contributed by atoms with E-state index in [-0.39, 0.29) is 5.56 Å². The first kappa shape index (κ1) is 15.4. The molecule has 0 spiro atoms. The largest absolute Gasteiger partial charge is 0.426 e. The quantitative estimate of drug-likeness (QED) is 0.537. The van der Waals surface area contributed by atoms with Crippen LogP contribution >= 0.6 is 11.3 Å². The van der Waals surface area contributed by atoms with Crippen molar-refractivity contribution < 1.29 is 9.53 Å². The molecule has 0 aliphatic heterocycles. The molecule has 0 N–H and O–H groups in total. The first-order valence-electron chi connectivity index (χ1n) is 7.26. The van der Waals surface area contributed by atoms with Gasteiger partial charge in [-0.15, -0.1) is 5.10 Å². The maximum absolute atomic E-state index is 12.4. The fourth-order valence-corrected chi connectivity index (χ4v) is 3.11. The van der Waals surface area contributed by atoms with Crippen molar-refractivity contribution in [2.24, 2.45) is 0 Å². The van der Waals surface area contributed by atoms with Crippen LogP contribution in [0.4, 0.5) is 0 Å². The third kappa shape index (κ3) is 3.14. The van der Waals surface area contributed by atoms with E-state index in [4.69, 9.17) is 4.74 Å². The average molecular weight is 329 g/mol. The summed E-state index contributed by atoms with van der Waals surface area (Å²) in [6.45, 7) is 3.38. The zero-order valence-corrected chi connectivity index (χ0v) is 13.6. The van der Waals surface area contributed by atoms with E-state index in [9.17, 15) is 9.59 Å². The van der Waals surface area contributed by atoms with E-state index in [0.29, 0.717) is 26.6 Å². The van der Waals surface area contributed by atoms with E-state index in [1.165, 1.54) is 22.8 Å². The number of benzene rings is 1. The van der Waals surface area contributed by atoms with Gasteiger partial charge in [0.05, 0.1) is 4.53 Å². The fraction of sp³-hybridized carbons (Fsp3) is 0.250. The zero-order valence-electron chi connectivity index (χ0n) is 12.8. The van der Waals surface area contributed by atoms with Crippen molar-refractivity contribution in [3.63, 3.8) is 0 Å². The van der Waals surface area contributed by atoms with E-state index in [1.807, 2.05) is 13.0 Å². The molecule has 0 amide bonds. The lowest BCUT2D eigenvalue weighted by Gasteiger charge is -2.03. The highest BCUT2D eigenvalue weighted by Gasteiger charge is 2.11. The number of fused-ring (bicyclic) bond motifs is 1. The lowest BCUT2D eigenvalue weighted by Crippen LogP contribution is -2.24. The first-order chi connectivity index (χ1) is 11.1. The van der Waals surface area contributed by atoms with Crippen molar-refractivity contribution >= 4 is 28.3 Å². The molecule has 0 unspecified atom stereocenters. The Balaban J connectivity index is 2.08. The van der Waals surface area contributed by atoms with Crippen LogP contribution in [-0.2, 0) is 11.2 Å². The maximum Gasteiger partial charge on any atom is 0.308 e. The monoisotopic (exact) mass is 329 g/mol. The SMILES string of the molecule is CCCc1nc2s/c(=C\c3ccccc3OC(C)=O)c(=O)n2n1. The van der Waals surface area contributed by atoms with Crippen molar-refractivity contribution in [2.75, 3.05) is 0 Å². The molecule has 0 bridgehead atoms. The van der Waals surface area contributed by atoms with Gasteiger partial charge in [-0.05, 0) is 18.6 Å². The minimum Gasteiger partial charge on any atom is -0.426 e. The summed E-state index contributed by atoms with van der Waals surface area (Å²) in [5.74, 6) is 0.702. The van der Waals surface area contributed by atoms with Crippen molar-refractivity contribution in [2.45, 2.75) is 26.7 Å². The fourth-order valence-electron chi connectivity index (χ4n) is 2.19. The second-order valence-corrected chi connectivity index (χ2v) is 6.03. The second-order valence-electron chi connectivity index (χ2n) is 5.02. The van der Waals surface area contributed by atoms with E-state index >= 15 is 0 Å². The first-order valence-corrected chi connectivity index (χ1v) is 8.07. The van der Waals surface area contributed by atoms with Gasteiger partial charge in [0.1, 0.15) is 5.75 Å². The van der Waals surface area contributed by atoms with Gasteiger partial charge in [-0.1, -0.05) is 36.5 Å². The molecule has 0 saturated carbocycles. The molecule has 6 nitrogen and oxygen atoms in total. The van der Waals surface area contributed by atoms with Crippen molar-refractivity contribution in [1.29, 1.82) is 0 Å². The Morgan fingerprint density at radius 2 is 2.17 bits per heavy atom. The maximum atomic E-state index is 12.4. The lowest BCUT2D eigenvalue weighted by atomic mass is 10.2. The van der Waals surface area contributed by atoms with Crippen molar-refractivity contribution in [3.05, 3.63) is 50.5 Å². The minimum atomic E-state index is -0.403. The van der Waals surface area contributed by atoms with Gasteiger partial charge in [0.15, 0.2) is 5.82 Å². The molecule has 0 fully saturated rings. The van der Waals surface area contributed by atoms with Crippen LogP contribution in [-0.4, -0.2) is 20.6 Å². The van der Waals surface area contributed by atoms with Gasteiger partial charge in [-0.25, -0.2) is 4.98 Å². The van der Waals surface area contributed by atoms with Gasteiger partial charge in [0, 0.05) is 18.9 Å². The molecule has 0 radical (unpaired) electrons. The summed E-state index contributed by atoms with van der Waals surface area (Å²) in [6, 6.07) is 7.07. The number of para-hydroxylation sites is 1. The normalized spacial score (nSPS) is 12.0. The van der Waals surface area contributed by atoms with Crippen LogP contribution < -0.4 is 14.8 Å². The van der Waals surface area contributed by atoms with Crippen LogP contribution in [0, 0.1) is 0 Å². The molecular formula is C16H15N3O3S. The average Bonchev–Trinajstić information content (AvgIpc) is 3.01. The number of thiazole rings is 1. The molecule has 7 heteroatoms. The van der Waals surface area contributed by atoms with Gasteiger partial charge < -0.3 is 4.74 Å². The number of carbonyl (C=O) groups excluding carboxylic acids is 1. The number of hydrogen-bond donors (Lipinski definition) is 0. The third-order valence-corrected chi connectivity index (χ3v) is 4.12. The van der Waals surface area contributed by atoms with E-state index in [1.54, 1.807) is 24.3 Å². The number of nitrogens with zero attached hydrogens (tertiary/aromatic N) is 3. The second kappa shape index (κ2) is 6.29. The molecule has 0 atom stereocenters. The number of ether oxygens (including phenoxy) is 1. The highest BCUT2D eigenvalue weighted by Crippen LogP contribution is 2.18. The molecule has 118 valence electrons.